The number of halogens is 1. The SMILES string of the molecule is CCCOc1c(Cl)cc(C(=O)Nc2cc(C)ccc2C)cc1OC. The zero-order valence-corrected chi connectivity index (χ0v) is 15.2. The summed E-state index contributed by atoms with van der Waals surface area (Å²) in [6, 6.07) is 9.14. The summed E-state index contributed by atoms with van der Waals surface area (Å²) in [7, 11) is 1.52. The highest BCUT2D eigenvalue weighted by atomic mass is 35.5. The first kappa shape index (κ1) is 18.1. The van der Waals surface area contributed by atoms with Gasteiger partial charge in [0.05, 0.1) is 18.7 Å². The minimum Gasteiger partial charge on any atom is -0.493 e. The molecule has 0 atom stereocenters. The summed E-state index contributed by atoms with van der Waals surface area (Å²) in [4.78, 5) is 12.6. The first-order valence-corrected chi connectivity index (χ1v) is 8.23. The molecule has 0 fully saturated rings. The van der Waals surface area contributed by atoms with Crippen LogP contribution in [0.5, 0.6) is 11.5 Å². The van der Waals surface area contributed by atoms with Gasteiger partial charge in [0.15, 0.2) is 11.5 Å². The highest BCUT2D eigenvalue weighted by molar-refractivity contribution is 6.32. The average Bonchev–Trinajstić information content (AvgIpc) is 2.56. The summed E-state index contributed by atoms with van der Waals surface area (Å²) >= 11 is 6.27. The molecule has 0 bridgehead atoms. The third kappa shape index (κ3) is 4.20. The van der Waals surface area contributed by atoms with Crippen molar-refractivity contribution in [1.29, 1.82) is 0 Å². The molecule has 0 spiro atoms. The van der Waals surface area contributed by atoms with Gasteiger partial charge in [-0.2, -0.15) is 0 Å². The maximum absolute atomic E-state index is 12.6. The van der Waals surface area contributed by atoms with Gasteiger partial charge in [-0.15, -0.1) is 0 Å². The molecule has 2 aromatic carbocycles. The van der Waals surface area contributed by atoms with E-state index in [2.05, 4.69) is 5.32 Å². The topological polar surface area (TPSA) is 47.6 Å². The fourth-order valence-electron chi connectivity index (χ4n) is 2.26. The first-order valence-electron chi connectivity index (χ1n) is 7.85. The van der Waals surface area contributed by atoms with Crippen molar-refractivity contribution in [2.75, 3.05) is 19.0 Å². The number of hydrogen-bond acceptors (Lipinski definition) is 3. The lowest BCUT2D eigenvalue weighted by Gasteiger charge is -2.14. The van der Waals surface area contributed by atoms with E-state index in [1.165, 1.54) is 7.11 Å². The summed E-state index contributed by atoms with van der Waals surface area (Å²) in [6.07, 6.45) is 0.856. The van der Waals surface area contributed by atoms with Crippen LogP contribution in [0.15, 0.2) is 30.3 Å². The molecule has 1 N–H and O–H groups in total. The minimum absolute atomic E-state index is 0.244. The molecule has 0 aromatic heterocycles. The standard InChI is InChI=1S/C19H22ClNO3/c1-5-8-24-18-15(20)10-14(11-17(18)23-4)19(22)21-16-9-12(2)6-7-13(16)3/h6-7,9-11H,5,8H2,1-4H3,(H,21,22). The van der Waals surface area contributed by atoms with E-state index in [0.717, 1.165) is 23.2 Å². The summed E-state index contributed by atoms with van der Waals surface area (Å²) in [5.74, 6) is 0.664. The van der Waals surface area contributed by atoms with Crippen LogP contribution in [-0.4, -0.2) is 19.6 Å². The third-order valence-electron chi connectivity index (χ3n) is 3.58. The predicted molar refractivity (Wildman–Crippen MR) is 97.7 cm³/mol. The van der Waals surface area contributed by atoms with Gasteiger partial charge in [-0.3, -0.25) is 4.79 Å². The van der Waals surface area contributed by atoms with Crippen molar-refractivity contribution in [2.45, 2.75) is 27.2 Å². The first-order chi connectivity index (χ1) is 11.5. The summed E-state index contributed by atoms with van der Waals surface area (Å²) in [5, 5.41) is 3.27. The van der Waals surface area contributed by atoms with Crippen molar-refractivity contribution < 1.29 is 14.3 Å². The van der Waals surface area contributed by atoms with Gasteiger partial charge in [0.1, 0.15) is 0 Å². The van der Waals surface area contributed by atoms with E-state index in [9.17, 15) is 4.79 Å². The number of nitrogens with one attached hydrogen (secondary N) is 1. The maximum Gasteiger partial charge on any atom is 0.255 e. The molecule has 1 amide bonds. The number of hydrogen-bond donors (Lipinski definition) is 1. The Morgan fingerprint density at radius 2 is 1.96 bits per heavy atom. The molecule has 0 heterocycles. The van der Waals surface area contributed by atoms with E-state index in [0.29, 0.717) is 28.7 Å². The number of anilines is 1. The second-order valence-electron chi connectivity index (χ2n) is 5.61. The normalized spacial score (nSPS) is 10.4. The van der Waals surface area contributed by atoms with E-state index in [4.69, 9.17) is 21.1 Å². The predicted octanol–water partition coefficient (Wildman–Crippen LogP) is 5.01. The van der Waals surface area contributed by atoms with Crippen molar-refractivity contribution >= 4 is 23.2 Å². The molecular weight excluding hydrogens is 326 g/mol. The van der Waals surface area contributed by atoms with Crippen LogP contribution in [0.2, 0.25) is 5.02 Å². The maximum atomic E-state index is 12.6. The highest BCUT2D eigenvalue weighted by Gasteiger charge is 2.16. The lowest BCUT2D eigenvalue weighted by Crippen LogP contribution is -2.13. The third-order valence-corrected chi connectivity index (χ3v) is 3.86. The fraction of sp³-hybridized carbons (Fsp3) is 0.316. The molecule has 0 saturated carbocycles. The van der Waals surface area contributed by atoms with Gasteiger partial charge in [0.2, 0.25) is 0 Å². The second kappa shape index (κ2) is 8.06. The summed E-state index contributed by atoms with van der Waals surface area (Å²) < 4.78 is 10.9. The summed E-state index contributed by atoms with van der Waals surface area (Å²) in [6.45, 7) is 6.47. The van der Waals surface area contributed by atoms with E-state index in [1.807, 2.05) is 39.0 Å². The van der Waals surface area contributed by atoms with Gasteiger partial charge < -0.3 is 14.8 Å². The number of rotatable bonds is 6. The van der Waals surface area contributed by atoms with Crippen LogP contribution in [0.25, 0.3) is 0 Å². The van der Waals surface area contributed by atoms with Crippen LogP contribution in [0.3, 0.4) is 0 Å². The zero-order chi connectivity index (χ0) is 17.7. The van der Waals surface area contributed by atoms with Gasteiger partial charge >= 0.3 is 0 Å². The number of carbonyl (C=O) groups excluding carboxylic acids is 1. The van der Waals surface area contributed by atoms with Crippen molar-refractivity contribution in [3.63, 3.8) is 0 Å². The molecule has 0 saturated heterocycles. The molecule has 0 aliphatic heterocycles. The van der Waals surface area contributed by atoms with Crippen LogP contribution in [0.4, 0.5) is 5.69 Å². The molecular formula is C19H22ClNO3. The monoisotopic (exact) mass is 347 g/mol. The Hall–Kier alpha value is -2.20. The van der Waals surface area contributed by atoms with Gasteiger partial charge in [0, 0.05) is 11.3 Å². The Morgan fingerprint density at radius 1 is 1.21 bits per heavy atom. The molecule has 0 unspecified atom stereocenters. The van der Waals surface area contributed by atoms with Crippen LogP contribution in [-0.2, 0) is 0 Å². The number of carbonyl (C=O) groups is 1. The van der Waals surface area contributed by atoms with Gasteiger partial charge in [-0.1, -0.05) is 30.7 Å². The molecule has 0 aliphatic rings. The quantitative estimate of drug-likeness (QED) is 0.799. The van der Waals surface area contributed by atoms with E-state index >= 15 is 0 Å². The molecule has 0 aliphatic carbocycles. The molecule has 5 heteroatoms. The van der Waals surface area contributed by atoms with Crippen molar-refractivity contribution in [1.82, 2.24) is 0 Å². The number of benzene rings is 2. The Labute approximate surface area is 147 Å². The second-order valence-corrected chi connectivity index (χ2v) is 6.02. The van der Waals surface area contributed by atoms with Crippen LogP contribution >= 0.6 is 11.6 Å². The van der Waals surface area contributed by atoms with Gasteiger partial charge in [-0.05, 0) is 49.6 Å². The molecule has 0 radical (unpaired) electrons. The lowest BCUT2D eigenvalue weighted by atomic mass is 10.1. The van der Waals surface area contributed by atoms with Crippen molar-refractivity contribution in [2.24, 2.45) is 0 Å². The van der Waals surface area contributed by atoms with Crippen molar-refractivity contribution in [3.05, 3.63) is 52.0 Å². The van der Waals surface area contributed by atoms with Crippen LogP contribution in [0.1, 0.15) is 34.8 Å². The number of aryl methyl sites for hydroxylation is 2. The molecule has 2 rings (SSSR count). The smallest absolute Gasteiger partial charge is 0.255 e. The van der Waals surface area contributed by atoms with Crippen LogP contribution in [0, 0.1) is 13.8 Å². The number of amides is 1. The number of ether oxygens (including phenoxy) is 2. The minimum atomic E-state index is -0.244. The van der Waals surface area contributed by atoms with Gasteiger partial charge in [-0.25, -0.2) is 0 Å². The van der Waals surface area contributed by atoms with E-state index in [-0.39, 0.29) is 5.91 Å². The number of methoxy groups -OCH3 is 1. The Kier molecular flexibility index (Phi) is 6.10. The largest absolute Gasteiger partial charge is 0.493 e. The summed E-state index contributed by atoms with van der Waals surface area (Å²) in [5.41, 5.74) is 3.27. The lowest BCUT2D eigenvalue weighted by molar-refractivity contribution is 0.102. The molecule has 128 valence electrons. The Balaban J connectivity index is 2.29. The van der Waals surface area contributed by atoms with E-state index in [1.54, 1.807) is 12.1 Å². The fourth-order valence-corrected chi connectivity index (χ4v) is 2.53. The molecule has 4 nitrogen and oxygen atoms in total. The highest BCUT2D eigenvalue weighted by Crippen LogP contribution is 2.36. The zero-order valence-electron chi connectivity index (χ0n) is 14.4. The Bertz CT molecular complexity index is 744. The van der Waals surface area contributed by atoms with Crippen molar-refractivity contribution in [3.8, 4) is 11.5 Å². The Morgan fingerprint density at radius 3 is 2.62 bits per heavy atom. The average molecular weight is 348 g/mol. The molecule has 24 heavy (non-hydrogen) atoms. The van der Waals surface area contributed by atoms with E-state index < -0.39 is 0 Å². The van der Waals surface area contributed by atoms with Gasteiger partial charge in [0.25, 0.3) is 5.91 Å². The molecule has 2 aromatic rings. The van der Waals surface area contributed by atoms with Crippen LogP contribution < -0.4 is 14.8 Å².